The number of aromatic nitrogens is 1. The van der Waals surface area contributed by atoms with Crippen LogP contribution in [-0.2, 0) is 10.0 Å². The Bertz CT molecular complexity index is 1480. The average Bonchev–Trinajstić information content (AvgIpc) is 3.69. The molecule has 3 aromatic carbocycles. The van der Waals surface area contributed by atoms with Crippen molar-refractivity contribution < 1.29 is 13.2 Å². The molecule has 1 heterocycles. The zero-order chi connectivity index (χ0) is 27.4. The highest BCUT2D eigenvalue weighted by atomic mass is 35.5. The van der Waals surface area contributed by atoms with Crippen LogP contribution in [0.15, 0.2) is 84.9 Å². The first kappa shape index (κ1) is 27.2. The lowest BCUT2D eigenvalue weighted by molar-refractivity contribution is 0.207. The van der Waals surface area contributed by atoms with Crippen LogP contribution in [-0.4, -0.2) is 43.2 Å². The number of carbonyl (C=O) groups is 1. The molecule has 1 aliphatic rings. The fraction of sp³-hybridized carbons (Fsp3) is 0.241. The van der Waals surface area contributed by atoms with Gasteiger partial charge in [-0.1, -0.05) is 95.7 Å². The van der Waals surface area contributed by atoms with Crippen LogP contribution in [0.5, 0.6) is 0 Å². The molecule has 1 fully saturated rings. The van der Waals surface area contributed by atoms with E-state index in [1.165, 1.54) is 22.5 Å². The molecular formula is C29H29ClN4O3S2. The highest BCUT2D eigenvalue weighted by Crippen LogP contribution is 2.37. The number of anilines is 2. The molecule has 0 aliphatic heterocycles. The van der Waals surface area contributed by atoms with Crippen LogP contribution >= 0.6 is 22.9 Å². The highest BCUT2D eigenvalue weighted by molar-refractivity contribution is 7.92. The van der Waals surface area contributed by atoms with Gasteiger partial charge in [0.05, 0.1) is 6.26 Å². The van der Waals surface area contributed by atoms with Crippen LogP contribution in [0.1, 0.15) is 36.3 Å². The molecule has 1 aromatic heterocycles. The van der Waals surface area contributed by atoms with Crippen molar-refractivity contribution in [1.82, 2.24) is 9.88 Å². The molecule has 0 saturated heterocycles. The summed E-state index contributed by atoms with van der Waals surface area (Å²) in [4.78, 5) is 19.9. The minimum atomic E-state index is -3.37. The SMILES string of the molecule is CS(=O)(=O)Nc1ccc(-c2nc(NC(=O)N(CCC(c3ccccc3)c3ccccc3)C3CC3)sc2Cl)cc1. The van der Waals surface area contributed by atoms with E-state index >= 15 is 0 Å². The Hall–Kier alpha value is -3.40. The van der Waals surface area contributed by atoms with Crippen molar-refractivity contribution in [2.24, 2.45) is 0 Å². The van der Waals surface area contributed by atoms with Gasteiger partial charge in [-0.2, -0.15) is 0 Å². The molecule has 39 heavy (non-hydrogen) atoms. The number of nitrogens with one attached hydrogen (secondary N) is 2. The van der Waals surface area contributed by atoms with E-state index in [0.717, 1.165) is 31.1 Å². The minimum absolute atomic E-state index is 0.179. The summed E-state index contributed by atoms with van der Waals surface area (Å²) in [6.07, 6.45) is 3.89. The van der Waals surface area contributed by atoms with Crippen molar-refractivity contribution in [3.05, 3.63) is 100 Å². The third-order valence-electron chi connectivity index (χ3n) is 6.57. The number of urea groups is 1. The van der Waals surface area contributed by atoms with Crippen molar-refractivity contribution in [3.8, 4) is 11.3 Å². The predicted octanol–water partition coefficient (Wildman–Crippen LogP) is 7.05. The topological polar surface area (TPSA) is 91.4 Å². The van der Waals surface area contributed by atoms with Crippen LogP contribution in [0.3, 0.4) is 0 Å². The molecular weight excluding hydrogens is 552 g/mol. The molecule has 10 heteroatoms. The molecule has 5 rings (SSSR count). The summed E-state index contributed by atoms with van der Waals surface area (Å²) in [5.74, 6) is 0.183. The quantitative estimate of drug-likeness (QED) is 0.210. The molecule has 4 aromatic rings. The Balaban J connectivity index is 1.28. The number of benzene rings is 3. The number of carbonyl (C=O) groups excluding carboxylic acids is 1. The minimum Gasteiger partial charge on any atom is -0.321 e. The molecule has 0 unspecified atom stereocenters. The number of rotatable bonds is 10. The van der Waals surface area contributed by atoms with Crippen LogP contribution < -0.4 is 10.0 Å². The lowest BCUT2D eigenvalue weighted by Crippen LogP contribution is -2.38. The monoisotopic (exact) mass is 580 g/mol. The number of halogens is 1. The Morgan fingerprint density at radius 2 is 1.59 bits per heavy atom. The Morgan fingerprint density at radius 1 is 1.00 bits per heavy atom. The van der Waals surface area contributed by atoms with Crippen LogP contribution in [0.2, 0.25) is 4.34 Å². The number of amides is 2. The molecule has 202 valence electrons. The van der Waals surface area contributed by atoms with E-state index in [0.29, 0.717) is 27.4 Å². The Kier molecular flexibility index (Phi) is 8.20. The zero-order valence-corrected chi connectivity index (χ0v) is 23.8. The Labute approximate surface area is 237 Å². The molecule has 2 N–H and O–H groups in total. The lowest BCUT2D eigenvalue weighted by atomic mass is 9.88. The first-order valence-electron chi connectivity index (χ1n) is 12.7. The van der Waals surface area contributed by atoms with Gasteiger partial charge in [-0.15, -0.1) is 0 Å². The highest BCUT2D eigenvalue weighted by Gasteiger charge is 2.33. The van der Waals surface area contributed by atoms with Gasteiger partial charge in [0.15, 0.2) is 5.13 Å². The maximum atomic E-state index is 13.4. The summed E-state index contributed by atoms with van der Waals surface area (Å²) in [6.45, 7) is 0.617. The smallest absolute Gasteiger partial charge is 0.321 e. The van der Waals surface area contributed by atoms with Gasteiger partial charge in [-0.05, 0) is 42.5 Å². The van der Waals surface area contributed by atoms with Gasteiger partial charge in [0, 0.05) is 29.8 Å². The number of hydrogen-bond donors (Lipinski definition) is 2. The fourth-order valence-corrected chi connectivity index (χ4v) is 6.25. The van der Waals surface area contributed by atoms with Crippen molar-refractivity contribution in [2.75, 3.05) is 22.8 Å². The number of thiazole rings is 1. The van der Waals surface area contributed by atoms with E-state index < -0.39 is 10.0 Å². The van der Waals surface area contributed by atoms with Gasteiger partial charge in [-0.25, -0.2) is 18.2 Å². The summed E-state index contributed by atoms with van der Waals surface area (Å²) < 4.78 is 25.8. The van der Waals surface area contributed by atoms with Crippen LogP contribution in [0.25, 0.3) is 11.3 Å². The average molecular weight is 581 g/mol. The van der Waals surface area contributed by atoms with Crippen molar-refractivity contribution in [3.63, 3.8) is 0 Å². The molecule has 1 aliphatic carbocycles. The lowest BCUT2D eigenvalue weighted by Gasteiger charge is -2.26. The molecule has 1 saturated carbocycles. The first-order valence-corrected chi connectivity index (χ1v) is 15.8. The molecule has 0 bridgehead atoms. The molecule has 0 radical (unpaired) electrons. The maximum absolute atomic E-state index is 13.4. The summed E-state index contributed by atoms with van der Waals surface area (Å²) in [5, 5.41) is 3.38. The van der Waals surface area contributed by atoms with Gasteiger partial charge < -0.3 is 4.90 Å². The number of hydrogen-bond acceptors (Lipinski definition) is 5. The van der Waals surface area contributed by atoms with Gasteiger partial charge in [0.1, 0.15) is 10.0 Å². The molecule has 7 nitrogen and oxygen atoms in total. The first-order chi connectivity index (χ1) is 18.8. The largest absolute Gasteiger partial charge is 0.323 e. The van der Waals surface area contributed by atoms with Gasteiger partial charge in [0.2, 0.25) is 10.0 Å². The second-order valence-electron chi connectivity index (χ2n) is 9.61. The van der Waals surface area contributed by atoms with E-state index in [1.54, 1.807) is 24.3 Å². The van der Waals surface area contributed by atoms with Crippen LogP contribution in [0.4, 0.5) is 15.6 Å². The van der Waals surface area contributed by atoms with Crippen molar-refractivity contribution in [1.29, 1.82) is 0 Å². The molecule has 0 atom stereocenters. The fourth-order valence-electron chi connectivity index (χ4n) is 4.61. The van der Waals surface area contributed by atoms with Gasteiger partial charge in [-0.3, -0.25) is 10.0 Å². The van der Waals surface area contributed by atoms with E-state index in [2.05, 4.69) is 63.6 Å². The third kappa shape index (κ3) is 7.17. The summed E-state index contributed by atoms with van der Waals surface area (Å²) in [6, 6.07) is 27.6. The number of sulfonamides is 1. The van der Waals surface area contributed by atoms with E-state index in [-0.39, 0.29) is 18.0 Å². The van der Waals surface area contributed by atoms with E-state index in [4.69, 9.17) is 11.6 Å². The summed E-state index contributed by atoms with van der Waals surface area (Å²) in [5.41, 5.74) is 4.17. The second kappa shape index (κ2) is 11.8. The normalized spacial score (nSPS) is 13.3. The summed E-state index contributed by atoms with van der Waals surface area (Å²) >= 11 is 7.69. The zero-order valence-electron chi connectivity index (χ0n) is 21.4. The van der Waals surface area contributed by atoms with E-state index in [1.807, 2.05) is 17.0 Å². The second-order valence-corrected chi connectivity index (χ2v) is 13.0. The van der Waals surface area contributed by atoms with Gasteiger partial charge in [0.25, 0.3) is 0 Å². The molecule has 0 spiro atoms. The van der Waals surface area contributed by atoms with Crippen LogP contribution in [0, 0.1) is 0 Å². The number of nitrogens with zero attached hydrogens (tertiary/aromatic N) is 2. The molecule has 2 amide bonds. The van der Waals surface area contributed by atoms with Crippen molar-refractivity contribution in [2.45, 2.75) is 31.2 Å². The maximum Gasteiger partial charge on any atom is 0.323 e. The van der Waals surface area contributed by atoms with E-state index in [9.17, 15) is 13.2 Å². The predicted molar refractivity (Wildman–Crippen MR) is 159 cm³/mol. The third-order valence-corrected chi connectivity index (χ3v) is 8.35. The summed E-state index contributed by atoms with van der Waals surface area (Å²) in [7, 11) is -3.37. The van der Waals surface area contributed by atoms with Gasteiger partial charge >= 0.3 is 6.03 Å². The van der Waals surface area contributed by atoms with Crippen molar-refractivity contribution >= 4 is 49.8 Å². The standard InChI is InChI=1S/C29H29ClN4O3S2/c1-39(36,37)33-23-14-12-22(13-15-23)26-27(30)38-28(31-26)32-29(35)34(24-16-17-24)19-18-25(20-8-4-2-5-9-20)21-10-6-3-7-11-21/h2-15,24-25,33H,16-19H2,1H3,(H,31,32,35). The Morgan fingerprint density at radius 3 is 2.13 bits per heavy atom.